The van der Waals surface area contributed by atoms with E-state index in [1.165, 1.54) is 0 Å². The Balaban J connectivity index is 4.43. The molecular formula is CeCl6. The second-order valence-electron chi connectivity index (χ2n) is 1.07. The zero-order valence-corrected chi connectivity index (χ0v) is 10.4. The molecule has 7 heteroatoms. The van der Waals surface area contributed by atoms with Crippen LogP contribution in [-0.4, -0.2) is 0 Å². The van der Waals surface area contributed by atoms with Gasteiger partial charge in [0.15, 0.2) is 0 Å². The molecule has 0 aliphatic rings. The monoisotopic (exact) mass is 350 g/mol. The topological polar surface area (TPSA) is 0 Å². The van der Waals surface area contributed by atoms with Gasteiger partial charge < -0.3 is 0 Å². The molecule has 0 heterocycles. The number of rotatable bonds is 0. The van der Waals surface area contributed by atoms with Crippen LogP contribution in [0.5, 0.6) is 0 Å². The molecule has 0 nitrogen and oxygen atoms in total. The molecule has 0 atom stereocenters. The Bertz CT molecular complexity index is 62.7. The average Bonchev–Trinajstić information content (AvgIpc) is 0.592. The van der Waals surface area contributed by atoms with Crippen LogP contribution in [0, 0.1) is 19.6 Å². The Labute approximate surface area is 51.3 Å². The number of halogens is 6. The molecule has 0 aromatic rings. The van der Waals surface area contributed by atoms with Crippen molar-refractivity contribution in [2.45, 2.75) is 0 Å². The second kappa shape index (κ2) is 1.83. The van der Waals surface area contributed by atoms with E-state index in [4.69, 9.17) is 33.8 Å². The van der Waals surface area contributed by atoms with E-state index in [0.29, 0.717) is 0 Å². The van der Waals surface area contributed by atoms with Gasteiger partial charge in [-0.3, -0.25) is 0 Å². The molecule has 0 rings (SSSR count). The fraction of sp³-hybridized carbons (Fsp3) is 0. The minimum atomic E-state index is -5.56. The van der Waals surface area contributed by atoms with Crippen molar-refractivity contribution < 1.29 is 19.6 Å². The summed E-state index contributed by atoms with van der Waals surface area (Å²) in [6.45, 7) is 0. The molecule has 0 amide bonds. The van der Waals surface area contributed by atoms with E-state index in [1.807, 2.05) is 0 Å². The Morgan fingerprint density at radius 1 is 0.571 bits per heavy atom. The van der Waals surface area contributed by atoms with E-state index in [2.05, 4.69) is 0 Å². The predicted octanol–water partition coefficient (Wildman–Crippen LogP) is 4.14. The van der Waals surface area contributed by atoms with Crippen LogP contribution in [0.3, 0.4) is 0 Å². The van der Waals surface area contributed by atoms with Crippen LogP contribution in [0.25, 0.3) is 0 Å². The second-order valence-corrected chi connectivity index (χ2v) is 70.2. The van der Waals surface area contributed by atoms with Crippen molar-refractivity contribution in [3.63, 3.8) is 0 Å². The summed E-state index contributed by atoms with van der Waals surface area (Å²) in [5.41, 5.74) is 30.5. The van der Waals surface area contributed by atoms with Crippen LogP contribution in [0.15, 0.2) is 0 Å². The maximum absolute atomic E-state index is 5.56. The molecule has 46 valence electrons. The summed E-state index contributed by atoms with van der Waals surface area (Å²) >= 11 is -5.56. The fourth-order valence-corrected chi connectivity index (χ4v) is 0. The molecule has 0 spiro atoms. The van der Waals surface area contributed by atoms with E-state index in [-0.39, 0.29) is 0 Å². The summed E-state index contributed by atoms with van der Waals surface area (Å²) in [4.78, 5) is 0. The molecule has 0 radical (unpaired) electrons. The maximum atomic E-state index is 5.08. The van der Waals surface area contributed by atoms with E-state index in [9.17, 15) is 0 Å². The minimum absolute atomic E-state index is 5.08. The first-order valence-corrected chi connectivity index (χ1v) is 24.8. The predicted molar refractivity (Wildman–Crippen MR) is 35.1 cm³/mol. The van der Waals surface area contributed by atoms with Crippen molar-refractivity contribution in [2.75, 3.05) is 0 Å². The molecule has 0 aromatic heterocycles. The van der Waals surface area contributed by atoms with E-state index in [0.717, 1.165) is 0 Å². The van der Waals surface area contributed by atoms with Gasteiger partial charge in [0.25, 0.3) is 0 Å². The average molecular weight is 353 g/mol. The molecule has 0 saturated heterocycles. The van der Waals surface area contributed by atoms with Gasteiger partial charge in [0.2, 0.25) is 0 Å². The van der Waals surface area contributed by atoms with Gasteiger partial charge in [-0.15, -0.1) is 0 Å². The van der Waals surface area contributed by atoms with Crippen LogP contribution in [-0.2, 0) is 0 Å². The van der Waals surface area contributed by atoms with Crippen LogP contribution in [0.2, 0.25) is 0 Å². The zero-order valence-electron chi connectivity index (χ0n) is 2.77. The standard InChI is InChI=1S/Ce.6ClH/h;6*1H/q+6;;;;;;/p-6. The van der Waals surface area contributed by atoms with Gasteiger partial charge in [-0.25, -0.2) is 0 Å². The third-order valence-corrected chi connectivity index (χ3v) is 0. The molecular weight excluding hydrogens is 353 g/mol. The van der Waals surface area contributed by atoms with E-state index in [1.54, 1.807) is 0 Å². The Morgan fingerprint density at radius 3 is 0.571 bits per heavy atom. The molecule has 0 saturated carbocycles. The van der Waals surface area contributed by atoms with Crippen molar-refractivity contribution in [3.05, 3.63) is 0 Å². The first-order chi connectivity index (χ1) is 2.45. The van der Waals surface area contributed by atoms with Gasteiger partial charge in [0, 0.05) is 0 Å². The quantitative estimate of drug-likeness (QED) is 0.614. The fourth-order valence-electron chi connectivity index (χ4n) is 0. The normalized spacial score (nSPS) is 23.1. The van der Waals surface area contributed by atoms with Crippen molar-refractivity contribution in [1.82, 2.24) is 0 Å². The molecule has 0 aromatic carbocycles. The van der Waals surface area contributed by atoms with Gasteiger partial charge in [-0.1, -0.05) is 0 Å². The van der Waals surface area contributed by atoms with Gasteiger partial charge >= 0.3 is 53.4 Å². The van der Waals surface area contributed by atoms with Gasteiger partial charge in [-0.05, 0) is 0 Å². The molecule has 0 aliphatic heterocycles. The third-order valence-electron chi connectivity index (χ3n) is 0. The molecule has 0 N–H and O–H groups in total. The third kappa shape index (κ3) is 47.5. The zero-order chi connectivity index (χ0) is 6.41. The van der Waals surface area contributed by atoms with Crippen molar-refractivity contribution in [3.8, 4) is 0 Å². The summed E-state index contributed by atoms with van der Waals surface area (Å²) in [6.07, 6.45) is 0. The number of hydrogen-bond acceptors (Lipinski definition) is 0. The summed E-state index contributed by atoms with van der Waals surface area (Å²) < 4.78 is 0. The van der Waals surface area contributed by atoms with Gasteiger partial charge in [0.1, 0.15) is 0 Å². The molecule has 0 aliphatic carbocycles. The van der Waals surface area contributed by atoms with Crippen molar-refractivity contribution >= 4 is 33.8 Å². The summed E-state index contributed by atoms with van der Waals surface area (Å²) in [5.74, 6) is 0. The molecule has 0 unspecified atom stereocenters. The van der Waals surface area contributed by atoms with Crippen LogP contribution < -0.4 is 0 Å². The Hall–Kier alpha value is 3.12. The van der Waals surface area contributed by atoms with Crippen molar-refractivity contribution in [1.29, 1.82) is 0 Å². The van der Waals surface area contributed by atoms with Crippen LogP contribution >= 0.6 is 33.8 Å². The summed E-state index contributed by atoms with van der Waals surface area (Å²) in [7, 11) is 0. The van der Waals surface area contributed by atoms with Crippen LogP contribution in [0.4, 0.5) is 0 Å². The van der Waals surface area contributed by atoms with E-state index >= 15 is 0 Å². The Morgan fingerprint density at radius 2 is 0.571 bits per heavy atom. The summed E-state index contributed by atoms with van der Waals surface area (Å²) in [6, 6.07) is 0. The first kappa shape index (κ1) is 10.1. The van der Waals surface area contributed by atoms with Crippen molar-refractivity contribution in [2.24, 2.45) is 0 Å². The van der Waals surface area contributed by atoms with Crippen LogP contribution in [0.1, 0.15) is 0 Å². The SMILES string of the molecule is [Cl][Ce]([Cl])([Cl])([Cl])([Cl])[Cl]. The van der Waals surface area contributed by atoms with Gasteiger partial charge in [0.05, 0.1) is 0 Å². The Kier molecular flexibility index (Phi) is 2.64. The summed E-state index contributed by atoms with van der Waals surface area (Å²) in [5, 5.41) is 0. The first-order valence-electron chi connectivity index (χ1n) is 1.13. The molecule has 0 fully saturated rings. The van der Waals surface area contributed by atoms with Gasteiger partial charge in [-0.2, -0.15) is 0 Å². The molecule has 0 bridgehead atoms. The molecule has 7 heavy (non-hydrogen) atoms. The number of hydrogen-bond donors (Lipinski definition) is 0. The van der Waals surface area contributed by atoms with E-state index < -0.39 is 19.6 Å².